The van der Waals surface area contributed by atoms with Crippen LogP contribution in [0.2, 0.25) is 5.02 Å². The minimum atomic E-state index is -0.885. The van der Waals surface area contributed by atoms with Gasteiger partial charge < -0.3 is 10.1 Å². The number of hydrazone groups is 1. The third kappa shape index (κ3) is 6.18. The van der Waals surface area contributed by atoms with E-state index in [9.17, 15) is 9.59 Å². The minimum Gasteiger partial charge on any atom is -0.489 e. The van der Waals surface area contributed by atoms with Crippen molar-refractivity contribution in [3.63, 3.8) is 0 Å². The number of halogens is 1. The summed E-state index contributed by atoms with van der Waals surface area (Å²) in [4.78, 5) is 23.7. The van der Waals surface area contributed by atoms with Crippen molar-refractivity contribution in [1.29, 1.82) is 0 Å². The first-order valence-corrected chi connectivity index (χ1v) is 9.56. The Morgan fingerprint density at radius 2 is 1.77 bits per heavy atom. The van der Waals surface area contributed by atoms with Crippen molar-refractivity contribution in [2.24, 2.45) is 5.10 Å². The van der Waals surface area contributed by atoms with Gasteiger partial charge in [0.15, 0.2) is 0 Å². The molecule has 2 N–H and O–H groups in total. The Morgan fingerprint density at radius 1 is 1.00 bits per heavy atom. The maximum Gasteiger partial charge on any atom is 0.329 e. The molecule has 0 aliphatic heterocycles. The summed E-state index contributed by atoms with van der Waals surface area (Å²) in [5, 5.41) is 6.70. The molecule has 0 saturated carbocycles. The van der Waals surface area contributed by atoms with Crippen LogP contribution in [-0.4, -0.2) is 18.0 Å². The Labute approximate surface area is 179 Å². The van der Waals surface area contributed by atoms with Gasteiger partial charge in [-0.2, -0.15) is 5.10 Å². The first kappa shape index (κ1) is 21.1. The van der Waals surface area contributed by atoms with E-state index in [0.29, 0.717) is 17.3 Å². The molecule has 0 aliphatic carbocycles. The van der Waals surface area contributed by atoms with Crippen LogP contribution in [0.5, 0.6) is 5.75 Å². The van der Waals surface area contributed by atoms with E-state index in [0.717, 1.165) is 16.9 Å². The van der Waals surface area contributed by atoms with Crippen LogP contribution in [0.1, 0.15) is 16.7 Å². The Morgan fingerprint density at radius 3 is 2.50 bits per heavy atom. The zero-order valence-corrected chi connectivity index (χ0v) is 17.0. The molecule has 0 fully saturated rings. The number of aryl methyl sites for hydroxylation is 1. The van der Waals surface area contributed by atoms with Crippen molar-refractivity contribution in [3.05, 3.63) is 94.5 Å². The minimum absolute atomic E-state index is 0.424. The number of hydrogen-bond donors (Lipinski definition) is 2. The summed E-state index contributed by atoms with van der Waals surface area (Å²) < 4.78 is 5.79. The lowest BCUT2D eigenvalue weighted by Gasteiger charge is -2.08. The number of nitrogens with zero attached hydrogens (tertiary/aromatic N) is 1. The second kappa shape index (κ2) is 10.2. The average molecular weight is 422 g/mol. The fourth-order valence-corrected chi connectivity index (χ4v) is 2.74. The van der Waals surface area contributed by atoms with Crippen LogP contribution >= 0.6 is 11.6 Å². The van der Waals surface area contributed by atoms with Gasteiger partial charge in [-0.3, -0.25) is 9.59 Å². The molecule has 7 heteroatoms. The van der Waals surface area contributed by atoms with E-state index in [-0.39, 0.29) is 0 Å². The molecule has 0 unspecified atom stereocenters. The number of rotatable bonds is 6. The summed E-state index contributed by atoms with van der Waals surface area (Å²) in [6.07, 6.45) is 1.44. The molecule has 0 heterocycles. The number of anilines is 1. The van der Waals surface area contributed by atoms with Crippen LogP contribution < -0.4 is 15.5 Å². The van der Waals surface area contributed by atoms with Gasteiger partial charge >= 0.3 is 11.8 Å². The zero-order chi connectivity index (χ0) is 21.3. The molecule has 3 rings (SSSR count). The van der Waals surface area contributed by atoms with Crippen LogP contribution in [0.3, 0.4) is 0 Å². The lowest BCUT2D eigenvalue weighted by atomic mass is 10.1. The highest BCUT2D eigenvalue weighted by atomic mass is 35.5. The third-order valence-electron chi connectivity index (χ3n) is 4.20. The van der Waals surface area contributed by atoms with E-state index in [4.69, 9.17) is 16.3 Å². The van der Waals surface area contributed by atoms with Gasteiger partial charge in [0.25, 0.3) is 0 Å². The monoisotopic (exact) mass is 421 g/mol. The largest absolute Gasteiger partial charge is 0.489 e. The van der Waals surface area contributed by atoms with Gasteiger partial charge in [-0.25, -0.2) is 5.43 Å². The van der Waals surface area contributed by atoms with Crippen LogP contribution in [-0.2, 0) is 16.2 Å². The normalized spacial score (nSPS) is 10.6. The number of hydrogen-bond acceptors (Lipinski definition) is 4. The van der Waals surface area contributed by atoms with Crippen molar-refractivity contribution in [3.8, 4) is 5.75 Å². The number of carbonyl (C=O) groups excluding carboxylic acids is 2. The van der Waals surface area contributed by atoms with E-state index < -0.39 is 11.8 Å². The quantitative estimate of drug-likeness (QED) is 0.353. The van der Waals surface area contributed by atoms with E-state index >= 15 is 0 Å². The molecule has 3 aromatic carbocycles. The number of ether oxygens (including phenoxy) is 1. The van der Waals surface area contributed by atoms with Crippen molar-refractivity contribution in [2.45, 2.75) is 13.5 Å². The highest BCUT2D eigenvalue weighted by Gasteiger charge is 2.12. The van der Waals surface area contributed by atoms with Gasteiger partial charge in [0.2, 0.25) is 0 Å². The van der Waals surface area contributed by atoms with E-state index in [1.54, 1.807) is 36.4 Å². The molecular weight excluding hydrogens is 402 g/mol. The Kier molecular flexibility index (Phi) is 7.19. The Bertz CT molecular complexity index is 1070. The van der Waals surface area contributed by atoms with Gasteiger partial charge in [-0.1, -0.05) is 41.9 Å². The van der Waals surface area contributed by atoms with Crippen molar-refractivity contribution in [1.82, 2.24) is 5.43 Å². The number of nitrogens with one attached hydrogen (secondary N) is 2. The molecule has 3 aromatic rings. The SMILES string of the molecule is Cc1ccccc1COc1ccc(C=NNC(=O)C(=O)Nc2cccc(Cl)c2)cc1. The zero-order valence-electron chi connectivity index (χ0n) is 16.3. The number of benzene rings is 3. The highest BCUT2D eigenvalue weighted by molar-refractivity contribution is 6.39. The van der Waals surface area contributed by atoms with Gasteiger partial charge in [-0.15, -0.1) is 0 Å². The molecule has 30 heavy (non-hydrogen) atoms. The van der Waals surface area contributed by atoms with Crippen LogP contribution in [0.15, 0.2) is 77.9 Å². The summed E-state index contributed by atoms with van der Waals surface area (Å²) in [5.41, 5.74) is 5.66. The summed E-state index contributed by atoms with van der Waals surface area (Å²) in [6, 6.07) is 21.8. The lowest BCUT2D eigenvalue weighted by molar-refractivity contribution is -0.136. The third-order valence-corrected chi connectivity index (χ3v) is 4.44. The smallest absolute Gasteiger partial charge is 0.329 e. The second-order valence-corrected chi connectivity index (χ2v) is 6.88. The van der Waals surface area contributed by atoms with Gasteiger partial charge in [-0.05, 0) is 66.1 Å². The van der Waals surface area contributed by atoms with E-state index in [2.05, 4.69) is 15.8 Å². The molecule has 0 atom stereocenters. The summed E-state index contributed by atoms with van der Waals surface area (Å²) in [7, 11) is 0. The number of carbonyl (C=O) groups is 2. The molecule has 0 saturated heterocycles. The van der Waals surface area contributed by atoms with Crippen molar-refractivity contribution >= 4 is 35.3 Å². The van der Waals surface area contributed by atoms with Gasteiger partial charge in [0, 0.05) is 10.7 Å². The standard InChI is InChI=1S/C23H20ClN3O3/c1-16-5-2-3-6-18(16)15-30-21-11-9-17(10-12-21)14-25-27-23(29)22(28)26-20-8-4-7-19(24)13-20/h2-14H,15H2,1H3,(H,26,28)(H,27,29). The maximum absolute atomic E-state index is 11.9. The topological polar surface area (TPSA) is 79.8 Å². The summed E-state index contributed by atoms with van der Waals surface area (Å²) in [5.74, 6) is -1.00. The van der Waals surface area contributed by atoms with Crippen molar-refractivity contribution < 1.29 is 14.3 Å². The molecule has 0 aliphatic rings. The first-order chi connectivity index (χ1) is 14.5. The molecule has 0 spiro atoms. The predicted molar refractivity (Wildman–Crippen MR) is 118 cm³/mol. The molecule has 152 valence electrons. The van der Waals surface area contributed by atoms with Crippen LogP contribution in [0.4, 0.5) is 5.69 Å². The Balaban J connectivity index is 1.48. The first-order valence-electron chi connectivity index (χ1n) is 9.18. The summed E-state index contributed by atoms with van der Waals surface area (Å²) in [6.45, 7) is 2.53. The van der Waals surface area contributed by atoms with Crippen molar-refractivity contribution in [2.75, 3.05) is 5.32 Å². The predicted octanol–water partition coefficient (Wildman–Crippen LogP) is 4.32. The van der Waals surface area contributed by atoms with E-state index in [1.807, 2.05) is 43.3 Å². The molecule has 2 amide bonds. The summed E-state index contributed by atoms with van der Waals surface area (Å²) >= 11 is 5.84. The van der Waals surface area contributed by atoms with Gasteiger partial charge in [0.05, 0.1) is 6.21 Å². The maximum atomic E-state index is 11.9. The number of amides is 2. The van der Waals surface area contributed by atoms with Gasteiger partial charge in [0.1, 0.15) is 12.4 Å². The Hall–Kier alpha value is -3.64. The molecule has 0 radical (unpaired) electrons. The molecular formula is C23H20ClN3O3. The molecule has 0 bridgehead atoms. The molecule has 6 nitrogen and oxygen atoms in total. The second-order valence-electron chi connectivity index (χ2n) is 6.45. The lowest BCUT2D eigenvalue weighted by Crippen LogP contribution is -2.32. The van der Waals surface area contributed by atoms with Crippen LogP contribution in [0.25, 0.3) is 0 Å². The molecule has 0 aromatic heterocycles. The fraction of sp³-hybridized carbons (Fsp3) is 0.0870. The highest BCUT2D eigenvalue weighted by Crippen LogP contribution is 2.16. The fourth-order valence-electron chi connectivity index (χ4n) is 2.55. The van der Waals surface area contributed by atoms with E-state index in [1.165, 1.54) is 11.8 Å². The van der Waals surface area contributed by atoms with Crippen LogP contribution in [0, 0.1) is 6.92 Å². The average Bonchev–Trinajstić information content (AvgIpc) is 2.74.